The summed E-state index contributed by atoms with van der Waals surface area (Å²) in [7, 11) is 0. The number of nitrogen functional groups attached to an aromatic ring is 1. The maximum absolute atomic E-state index is 10.2. The van der Waals surface area contributed by atoms with E-state index in [0.29, 0.717) is 18.8 Å². The van der Waals surface area contributed by atoms with Gasteiger partial charge in [-0.3, -0.25) is 0 Å². The van der Waals surface area contributed by atoms with E-state index in [-0.39, 0.29) is 12.7 Å². The van der Waals surface area contributed by atoms with Crippen LogP contribution in [0, 0.1) is 0 Å². The second-order valence-corrected chi connectivity index (χ2v) is 5.28. The molecule has 5 heteroatoms. The smallest absolute Gasteiger partial charge is 0.0917 e. The molecule has 0 aliphatic carbocycles. The molecule has 1 heterocycles. The minimum atomic E-state index is -0.506. The molecule has 5 nitrogen and oxygen atoms in total. The summed E-state index contributed by atoms with van der Waals surface area (Å²) in [5.41, 5.74) is 7.28. The second kappa shape index (κ2) is 7.59. The van der Waals surface area contributed by atoms with Crippen molar-refractivity contribution >= 4 is 5.69 Å². The van der Waals surface area contributed by atoms with Crippen LogP contribution in [0.2, 0.25) is 0 Å². The monoisotopic (exact) mass is 280 g/mol. The second-order valence-electron chi connectivity index (χ2n) is 5.28. The lowest BCUT2D eigenvalue weighted by Gasteiger charge is -2.33. The third-order valence-corrected chi connectivity index (χ3v) is 3.71. The lowest BCUT2D eigenvalue weighted by molar-refractivity contribution is -0.0149. The van der Waals surface area contributed by atoms with E-state index in [4.69, 9.17) is 15.6 Å². The molecule has 2 rings (SSSR count). The number of ether oxygens (including phenoxy) is 1. The predicted octanol–water partition coefficient (Wildman–Crippen LogP) is 0.775. The molecule has 1 saturated heterocycles. The lowest BCUT2D eigenvalue weighted by Crippen LogP contribution is -2.39. The van der Waals surface area contributed by atoms with Gasteiger partial charge in [-0.1, -0.05) is 12.1 Å². The number of aliphatic hydroxyl groups is 2. The van der Waals surface area contributed by atoms with Crippen molar-refractivity contribution in [2.45, 2.75) is 25.0 Å². The number of benzene rings is 1. The highest BCUT2D eigenvalue weighted by Gasteiger charge is 2.21. The molecule has 1 unspecified atom stereocenters. The highest BCUT2D eigenvalue weighted by atomic mass is 16.5. The van der Waals surface area contributed by atoms with Crippen molar-refractivity contribution in [3.63, 3.8) is 0 Å². The van der Waals surface area contributed by atoms with Gasteiger partial charge in [0.25, 0.3) is 0 Å². The molecule has 1 aliphatic rings. The Morgan fingerprint density at radius 3 is 2.75 bits per heavy atom. The van der Waals surface area contributed by atoms with Gasteiger partial charge >= 0.3 is 0 Å². The largest absolute Gasteiger partial charge is 0.399 e. The molecule has 20 heavy (non-hydrogen) atoms. The van der Waals surface area contributed by atoms with E-state index in [1.165, 1.54) is 0 Å². The Morgan fingerprint density at radius 2 is 2.10 bits per heavy atom. The molecule has 1 aromatic rings. The van der Waals surface area contributed by atoms with Crippen molar-refractivity contribution in [3.05, 3.63) is 29.8 Å². The van der Waals surface area contributed by atoms with Crippen molar-refractivity contribution in [2.24, 2.45) is 0 Å². The fraction of sp³-hybridized carbons (Fsp3) is 0.600. The molecule has 0 saturated carbocycles. The van der Waals surface area contributed by atoms with Gasteiger partial charge < -0.3 is 25.6 Å². The summed E-state index contributed by atoms with van der Waals surface area (Å²) in [4.78, 5) is 2.24. The first-order valence-electron chi connectivity index (χ1n) is 7.17. The summed E-state index contributed by atoms with van der Waals surface area (Å²) in [5.74, 6) is 0. The number of hydrogen-bond donors (Lipinski definition) is 3. The van der Waals surface area contributed by atoms with E-state index in [1.807, 2.05) is 24.3 Å². The van der Waals surface area contributed by atoms with Gasteiger partial charge in [0.15, 0.2) is 0 Å². The Bertz CT molecular complexity index is 406. The third-order valence-electron chi connectivity index (χ3n) is 3.71. The Hall–Kier alpha value is -1.14. The first-order chi connectivity index (χ1) is 9.69. The number of nitrogens with two attached hydrogens (primary N) is 1. The van der Waals surface area contributed by atoms with Gasteiger partial charge in [-0.2, -0.15) is 0 Å². The minimum absolute atomic E-state index is 0.0777. The van der Waals surface area contributed by atoms with Gasteiger partial charge in [-0.25, -0.2) is 0 Å². The molecule has 1 aromatic carbocycles. The lowest BCUT2D eigenvalue weighted by atomic mass is 10.0. The molecule has 0 bridgehead atoms. The zero-order chi connectivity index (χ0) is 14.4. The van der Waals surface area contributed by atoms with Crippen LogP contribution in [-0.2, 0) is 4.74 Å². The van der Waals surface area contributed by atoms with E-state index >= 15 is 0 Å². The zero-order valence-electron chi connectivity index (χ0n) is 11.7. The fourth-order valence-electron chi connectivity index (χ4n) is 2.59. The van der Waals surface area contributed by atoms with Crippen molar-refractivity contribution in [2.75, 3.05) is 38.6 Å². The average molecular weight is 280 g/mol. The van der Waals surface area contributed by atoms with Crippen LogP contribution in [0.4, 0.5) is 5.69 Å². The normalized spacial score (nSPS) is 19.1. The fourth-order valence-corrected chi connectivity index (χ4v) is 2.59. The Labute approximate surface area is 120 Å². The Kier molecular flexibility index (Phi) is 5.79. The number of aliphatic hydroxyl groups excluding tert-OH is 2. The van der Waals surface area contributed by atoms with Gasteiger partial charge in [0.1, 0.15) is 0 Å². The number of hydrogen-bond acceptors (Lipinski definition) is 5. The molecule has 1 fully saturated rings. The van der Waals surface area contributed by atoms with E-state index in [1.54, 1.807) is 0 Å². The summed E-state index contributed by atoms with van der Waals surface area (Å²) in [6.07, 6.45) is 1.63. The Balaban J connectivity index is 1.77. The van der Waals surface area contributed by atoms with Crippen LogP contribution < -0.4 is 5.73 Å². The third kappa shape index (κ3) is 4.45. The van der Waals surface area contributed by atoms with Crippen LogP contribution in [0.3, 0.4) is 0 Å². The van der Waals surface area contributed by atoms with E-state index in [0.717, 1.165) is 31.5 Å². The molecule has 0 radical (unpaired) electrons. The molecule has 1 atom stereocenters. The molecule has 4 N–H and O–H groups in total. The summed E-state index contributed by atoms with van der Waals surface area (Å²) < 4.78 is 5.53. The number of piperidine rings is 1. The summed E-state index contributed by atoms with van der Waals surface area (Å²) >= 11 is 0. The first-order valence-corrected chi connectivity index (χ1v) is 7.17. The minimum Gasteiger partial charge on any atom is -0.399 e. The molecule has 0 aromatic heterocycles. The van der Waals surface area contributed by atoms with E-state index in [2.05, 4.69) is 4.90 Å². The first kappa shape index (κ1) is 15.3. The molecule has 0 spiro atoms. The summed E-state index contributed by atoms with van der Waals surface area (Å²) in [6.45, 7) is 2.94. The Morgan fingerprint density at radius 1 is 1.35 bits per heavy atom. The topological polar surface area (TPSA) is 79.0 Å². The van der Waals surface area contributed by atoms with Crippen molar-refractivity contribution < 1.29 is 14.9 Å². The van der Waals surface area contributed by atoms with Gasteiger partial charge in [0.05, 0.1) is 25.4 Å². The number of rotatable bonds is 6. The molecule has 112 valence electrons. The van der Waals surface area contributed by atoms with Gasteiger partial charge in [0, 0.05) is 25.3 Å². The maximum Gasteiger partial charge on any atom is 0.0917 e. The SMILES string of the molecule is Nc1cccc(C(O)CN2CCC(OCCO)CC2)c1. The standard InChI is InChI=1S/C15H24N2O3/c16-13-3-1-2-12(10-13)15(19)11-17-6-4-14(5-7-17)20-9-8-18/h1-3,10,14-15,18-19H,4-9,11,16H2. The molecule has 1 aliphatic heterocycles. The maximum atomic E-state index is 10.2. The highest BCUT2D eigenvalue weighted by Crippen LogP contribution is 2.20. The van der Waals surface area contributed by atoms with Crippen LogP contribution >= 0.6 is 0 Å². The van der Waals surface area contributed by atoms with E-state index < -0.39 is 6.10 Å². The van der Waals surface area contributed by atoms with Crippen molar-refractivity contribution in [1.29, 1.82) is 0 Å². The molecular formula is C15H24N2O3. The van der Waals surface area contributed by atoms with Gasteiger partial charge in [-0.15, -0.1) is 0 Å². The van der Waals surface area contributed by atoms with Crippen LogP contribution in [0.25, 0.3) is 0 Å². The van der Waals surface area contributed by atoms with Crippen LogP contribution in [0.1, 0.15) is 24.5 Å². The van der Waals surface area contributed by atoms with Crippen LogP contribution in [0.15, 0.2) is 24.3 Å². The molecular weight excluding hydrogens is 256 g/mol. The highest BCUT2D eigenvalue weighted by molar-refractivity contribution is 5.41. The van der Waals surface area contributed by atoms with Gasteiger partial charge in [-0.05, 0) is 30.5 Å². The number of likely N-dealkylation sites (tertiary alicyclic amines) is 1. The molecule has 0 amide bonds. The predicted molar refractivity (Wildman–Crippen MR) is 78.3 cm³/mol. The summed E-state index contributed by atoms with van der Waals surface area (Å²) in [5, 5.41) is 19.0. The number of β-amino-alcohol motifs (C(OH)–C–C–N with tert-alkyl or cyclic N) is 1. The number of nitrogens with zero attached hydrogens (tertiary/aromatic N) is 1. The number of anilines is 1. The zero-order valence-corrected chi connectivity index (χ0v) is 11.7. The van der Waals surface area contributed by atoms with Crippen molar-refractivity contribution in [1.82, 2.24) is 4.90 Å². The van der Waals surface area contributed by atoms with Gasteiger partial charge in [0.2, 0.25) is 0 Å². The van der Waals surface area contributed by atoms with Crippen LogP contribution in [0.5, 0.6) is 0 Å². The average Bonchev–Trinajstić information content (AvgIpc) is 2.46. The van der Waals surface area contributed by atoms with Crippen LogP contribution in [-0.4, -0.2) is 54.1 Å². The summed E-state index contributed by atoms with van der Waals surface area (Å²) in [6, 6.07) is 7.41. The van der Waals surface area contributed by atoms with E-state index in [9.17, 15) is 5.11 Å². The van der Waals surface area contributed by atoms with Crippen molar-refractivity contribution in [3.8, 4) is 0 Å². The quantitative estimate of drug-likeness (QED) is 0.671.